The fourth-order valence-corrected chi connectivity index (χ4v) is 1.62. The van der Waals surface area contributed by atoms with Crippen LogP contribution in [0, 0.1) is 5.92 Å². The van der Waals surface area contributed by atoms with E-state index in [0.29, 0.717) is 18.2 Å². The minimum absolute atomic E-state index is 0.483. The molecule has 0 heterocycles. The Morgan fingerprint density at radius 2 is 2.06 bits per heavy atom. The quantitative estimate of drug-likeness (QED) is 0.747. The van der Waals surface area contributed by atoms with Crippen LogP contribution in [0.15, 0.2) is 18.2 Å². The number of anilines is 1. The van der Waals surface area contributed by atoms with Gasteiger partial charge in [-0.15, -0.1) is 0 Å². The lowest BCUT2D eigenvalue weighted by molar-refractivity contribution is 0.166. The minimum Gasteiger partial charge on any atom is -0.493 e. The van der Waals surface area contributed by atoms with Crippen LogP contribution in [0.3, 0.4) is 0 Å². The van der Waals surface area contributed by atoms with Crippen molar-refractivity contribution in [1.29, 1.82) is 0 Å². The van der Waals surface area contributed by atoms with Gasteiger partial charge in [0.2, 0.25) is 0 Å². The first-order chi connectivity index (χ1) is 8.04. The zero-order chi connectivity index (χ0) is 12.8. The Hall–Kier alpha value is -1.22. The predicted octanol–water partition coefficient (Wildman–Crippen LogP) is 3.14. The van der Waals surface area contributed by atoms with Gasteiger partial charge in [0.25, 0.3) is 0 Å². The first-order valence-electron chi connectivity index (χ1n) is 6.24. The maximum atomic E-state index is 9.97. The Kier molecular flexibility index (Phi) is 5.29. The monoisotopic (exact) mass is 237 g/mol. The number of aliphatic hydroxyl groups is 1. The number of aliphatic hydroxyl groups excluding tert-OH is 1. The second-order valence-corrected chi connectivity index (χ2v) is 4.80. The molecule has 1 unspecified atom stereocenters. The standard InChI is InChI=1S/C14H23NO2/c1-4-5-14(16)12-8-11(6-7-13(12)15)17-9-10(2)3/h6-8,10,14,16H,4-5,9,15H2,1-3H3. The van der Waals surface area contributed by atoms with E-state index in [-0.39, 0.29) is 0 Å². The van der Waals surface area contributed by atoms with Crippen LogP contribution in [0.4, 0.5) is 5.69 Å². The molecule has 17 heavy (non-hydrogen) atoms. The van der Waals surface area contributed by atoms with Crippen molar-refractivity contribution in [2.45, 2.75) is 39.7 Å². The number of ether oxygens (including phenoxy) is 1. The summed E-state index contributed by atoms with van der Waals surface area (Å²) >= 11 is 0. The van der Waals surface area contributed by atoms with E-state index in [0.717, 1.165) is 24.2 Å². The van der Waals surface area contributed by atoms with E-state index in [4.69, 9.17) is 10.5 Å². The van der Waals surface area contributed by atoms with Crippen molar-refractivity contribution >= 4 is 5.69 Å². The Morgan fingerprint density at radius 3 is 2.65 bits per heavy atom. The zero-order valence-corrected chi connectivity index (χ0v) is 10.9. The second-order valence-electron chi connectivity index (χ2n) is 4.80. The molecule has 1 aromatic carbocycles. The largest absolute Gasteiger partial charge is 0.493 e. The molecule has 0 aliphatic carbocycles. The highest BCUT2D eigenvalue weighted by Gasteiger charge is 2.11. The van der Waals surface area contributed by atoms with Crippen LogP contribution >= 0.6 is 0 Å². The molecule has 0 aliphatic heterocycles. The topological polar surface area (TPSA) is 55.5 Å². The van der Waals surface area contributed by atoms with Gasteiger partial charge in [0.15, 0.2) is 0 Å². The van der Waals surface area contributed by atoms with E-state index in [1.807, 2.05) is 19.1 Å². The lowest BCUT2D eigenvalue weighted by Crippen LogP contribution is -2.06. The van der Waals surface area contributed by atoms with Crippen LogP contribution in [0.5, 0.6) is 5.75 Å². The number of hydrogen-bond acceptors (Lipinski definition) is 3. The number of hydrogen-bond donors (Lipinski definition) is 2. The van der Waals surface area contributed by atoms with Crippen molar-refractivity contribution in [2.24, 2.45) is 5.92 Å². The Morgan fingerprint density at radius 1 is 1.35 bits per heavy atom. The molecule has 0 aliphatic rings. The first-order valence-corrected chi connectivity index (χ1v) is 6.24. The van der Waals surface area contributed by atoms with Crippen LogP contribution in [0.25, 0.3) is 0 Å². The Balaban J connectivity index is 2.78. The van der Waals surface area contributed by atoms with Crippen molar-refractivity contribution in [2.75, 3.05) is 12.3 Å². The zero-order valence-electron chi connectivity index (χ0n) is 10.9. The fourth-order valence-electron chi connectivity index (χ4n) is 1.62. The van der Waals surface area contributed by atoms with Gasteiger partial charge in [-0.1, -0.05) is 27.2 Å². The van der Waals surface area contributed by atoms with E-state index in [1.165, 1.54) is 0 Å². The van der Waals surface area contributed by atoms with E-state index < -0.39 is 6.10 Å². The SMILES string of the molecule is CCCC(O)c1cc(OCC(C)C)ccc1N. The third kappa shape index (κ3) is 4.27. The lowest BCUT2D eigenvalue weighted by atomic mass is 10.0. The van der Waals surface area contributed by atoms with Gasteiger partial charge in [0, 0.05) is 11.3 Å². The normalized spacial score (nSPS) is 12.8. The first kappa shape index (κ1) is 13.8. The summed E-state index contributed by atoms with van der Waals surface area (Å²) in [4.78, 5) is 0. The summed E-state index contributed by atoms with van der Waals surface area (Å²) < 4.78 is 5.62. The fraction of sp³-hybridized carbons (Fsp3) is 0.571. The average Bonchev–Trinajstić information content (AvgIpc) is 2.28. The van der Waals surface area contributed by atoms with Gasteiger partial charge in [-0.2, -0.15) is 0 Å². The molecule has 1 atom stereocenters. The molecule has 3 N–H and O–H groups in total. The molecule has 3 heteroatoms. The Labute approximate surface area is 104 Å². The maximum Gasteiger partial charge on any atom is 0.119 e. The predicted molar refractivity (Wildman–Crippen MR) is 71.1 cm³/mol. The summed E-state index contributed by atoms with van der Waals surface area (Å²) in [6.45, 7) is 6.92. The summed E-state index contributed by atoms with van der Waals surface area (Å²) in [5.41, 5.74) is 7.26. The molecule has 0 saturated carbocycles. The maximum absolute atomic E-state index is 9.97. The molecule has 1 aromatic rings. The number of nitrogens with two attached hydrogens (primary N) is 1. The molecule has 0 amide bonds. The van der Waals surface area contributed by atoms with Crippen molar-refractivity contribution in [3.8, 4) is 5.75 Å². The summed E-state index contributed by atoms with van der Waals surface area (Å²) in [5.74, 6) is 1.26. The van der Waals surface area contributed by atoms with Gasteiger partial charge in [0.1, 0.15) is 5.75 Å². The molecule has 0 fully saturated rings. The summed E-state index contributed by atoms with van der Waals surface area (Å²) in [7, 11) is 0. The van der Waals surface area contributed by atoms with E-state index in [1.54, 1.807) is 6.07 Å². The van der Waals surface area contributed by atoms with Crippen LogP contribution < -0.4 is 10.5 Å². The number of nitrogen functional groups attached to an aromatic ring is 1. The van der Waals surface area contributed by atoms with Crippen LogP contribution in [-0.2, 0) is 0 Å². The molecule has 1 rings (SSSR count). The van der Waals surface area contributed by atoms with Gasteiger partial charge in [-0.25, -0.2) is 0 Å². The molecule has 0 spiro atoms. The van der Waals surface area contributed by atoms with Gasteiger partial charge in [0.05, 0.1) is 12.7 Å². The summed E-state index contributed by atoms with van der Waals surface area (Å²) in [6, 6.07) is 5.49. The average molecular weight is 237 g/mol. The molecule has 0 saturated heterocycles. The smallest absolute Gasteiger partial charge is 0.119 e. The van der Waals surface area contributed by atoms with Crippen LogP contribution in [0.1, 0.15) is 45.3 Å². The van der Waals surface area contributed by atoms with Crippen molar-refractivity contribution < 1.29 is 9.84 Å². The third-order valence-corrected chi connectivity index (χ3v) is 2.56. The van der Waals surface area contributed by atoms with Crippen molar-refractivity contribution in [1.82, 2.24) is 0 Å². The minimum atomic E-state index is -0.498. The van der Waals surface area contributed by atoms with Crippen molar-refractivity contribution in [3.05, 3.63) is 23.8 Å². The highest BCUT2D eigenvalue weighted by molar-refractivity contribution is 5.51. The highest BCUT2D eigenvalue weighted by atomic mass is 16.5. The highest BCUT2D eigenvalue weighted by Crippen LogP contribution is 2.28. The summed E-state index contributed by atoms with van der Waals surface area (Å²) in [5, 5.41) is 9.97. The van der Waals surface area contributed by atoms with E-state index in [2.05, 4.69) is 13.8 Å². The lowest BCUT2D eigenvalue weighted by Gasteiger charge is -2.15. The number of rotatable bonds is 6. The van der Waals surface area contributed by atoms with E-state index in [9.17, 15) is 5.11 Å². The van der Waals surface area contributed by atoms with Gasteiger partial charge < -0.3 is 15.6 Å². The second kappa shape index (κ2) is 6.50. The number of benzene rings is 1. The van der Waals surface area contributed by atoms with E-state index >= 15 is 0 Å². The van der Waals surface area contributed by atoms with Gasteiger partial charge in [-0.05, 0) is 30.5 Å². The van der Waals surface area contributed by atoms with Crippen LogP contribution in [0.2, 0.25) is 0 Å². The summed E-state index contributed by atoms with van der Waals surface area (Å²) in [6.07, 6.45) is 1.15. The molecular weight excluding hydrogens is 214 g/mol. The molecule has 0 bridgehead atoms. The molecule has 3 nitrogen and oxygen atoms in total. The molecule has 0 radical (unpaired) electrons. The van der Waals surface area contributed by atoms with Gasteiger partial charge >= 0.3 is 0 Å². The van der Waals surface area contributed by atoms with Crippen LogP contribution in [-0.4, -0.2) is 11.7 Å². The Bertz CT molecular complexity index is 350. The van der Waals surface area contributed by atoms with Gasteiger partial charge in [-0.3, -0.25) is 0 Å². The van der Waals surface area contributed by atoms with Crippen molar-refractivity contribution in [3.63, 3.8) is 0 Å². The molecule has 96 valence electrons. The molecule has 0 aromatic heterocycles. The third-order valence-electron chi connectivity index (χ3n) is 2.56. The molecular formula is C14H23NO2.